The summed E-state index contributed by atoms with van der Waals surface area (Å²) >= 11 is 0. The number of ether oxygens (including phenoxy) is 3. The van der Waals surface area contributed by atoms with Crippen LogP contribution in [0.4, 0.5) is 0 Å². The van der Waals surface area contributed by atoms with Crippen molar-refractivity contribution in [3.8, 4) is 154 Å². The summed E-state index contributed by atoms with van der Waals surface area (Å²) in [6.07, 6.45) is 5.04. The van der Waals surface area contributed by atoms with Crippen molar-refractivity contribution in [3.63, 3.8) is 0 Å². The average molecular weight is 1550 g/mol. The fourth-order valence-corrected chi connectivity index (χ4v) is 11.2. The van der Waals surface area contributed by atoms with Crippen LogP contribution in [0.5, 0.6) is 17.2 Å². The van der Waals surface area contributed by atoms with Gasteiger partial charge in [-0.05, 0) is 35.3 Å². The van der Waals surface area contributed by atoms with E-state index in [0.29, 0.717) is 103 Å². The summed E-state index contributed by atoms with van der Waals surface area (Å²) in [5.74, 6) is 2.10. The first-order valence-electron chi connectivity index (χ1n) is 33.1. The Morgan fingerprint density at radius 3 is 0.623 bits per heavy atom. The Morgan fingerprint density at radius 1 is 0.236 bits per heavy atom. The quantitative estimate of drug-likeness (QED) is 0.0441. The van der Waals surface area contributed by atoms with Crippen LogP contribution in [0, 0.1) is 18.2 Å². The molecule has 504 valence electrons. The maximum atomic E-state index is 14.3. The Bertz CT molecular complexity index is 5050. The summed E-state index contributed by atoms with van der Waals surface area (Å²) in [5, 5.41) is 0. The maximum absolute atomic E-state index is 14.3. The molecule has 0 amide bonds. The Morgan fingerprint density at radius 2 is 0.443 bits per heavy atom. The number of esters is 3. The molecule has 0 aliphatic heterocycles. The molecule has 0 atom stereocenters. The summed E-state index contributed by atoms with van der Waals surface area (Å²) in [6.45, 7) is 0. The summed E-state index contributed by atoms with van der Waals surface area (Å²) < 4.78 is 17.6. The molecule has 0 N–H and O–H groups in total. The molecule has 0 fully saturated rings. The summed E-state index contributed by atoms with van der Waals surface area (Å²) in [5.41, 5.74) is 10.1. The molecular formula is C87H51IrN12O6. The van der Waals surface area contributed by atoms with Crippen LogP contribution < -0.4 is 14.2 Å². The molecule has 6 heterocycles. The molecule has 19 heteroatoms. The molecule has 18 nitrogen and oxygen atoms in total. The van der Waals surface area contributed by atoms with Crippen molar-refractivity contribution in [2.24, 2.45) is 0 Å². The van der Waals surface area contributed by atoms with E-state index in [1.54, 1.807) is 55.0 Å². The van der Waals surface area contributed by atoms with Gasteiger partial charge in [0.05, 0.1) is 16.7 Å². The van der Waals surface area contributed by atoms with E-state index < -0.39 is 17.9 Å². The molecule has 0 saturated carbocycles. The van der Waals surface area contributed by atoms with Crippen LogP contribution >= 0.6 is 0 Å². The van der Waals surface area contributed by atoms with Gasteiger partial charge >= 0.3 is 38.0 Å². The molecule has 10 aromatic carbocycles. The molecule has 0 bridgehead atoms. The fourth-order valence-electron chi connectivity index (χ4n) is 11.2. The standard InChI is InChI=1S/C87H51N12O6.Ir/c100-85(103-70-40-31-55(32-41-70)73-46-37-64(52-88-73)82-94-76(58-19-7-1-8-20-58)91-77(95-82)59-21-9-2-10-22-59)67-49-68(86(101)104-71-42-33-56(34-43-71)74-47-38-65(53-89-74)83-96-78(60-23-11-3-12-24-60)92-79(97-83)61-25-13-4-14-26-61)51-69(50-67)87(102)105-72-44-35-57(36-45-72)75-48-39-66(54-90-75)84-98-80(62-27-15-5-16-28-62)93-81(99-84)63-29-17-6-18-30-63;/h1-31,33,35,37-54H;/q-3;+3. The zero-order valence-electron chi connectivity index (χ0n) is 55.6. The van der Waals surface area contributed by atoms with E-state index in [9.17, 15) is 14.4 Å². The van der Waals surface area contributed by atoms with Gasteiger partial charge < -0.3 is 29.2 Å². The second-order valence-electron chi connectivity index (χ2n) is 23.7. The zero-order chi connectivity index (χ0) is 70.8. The van der Waals surface area contributed by atoms with E-state index >= 15 is 0 Å². The number of carbonyl (C=O) groups excluding carboxylic acids is 3. The van der Waals surface area contributed by atoms with Gasteiger partial charge in [0, 0.05) is 85.9 Å². The van der Waals surface area contributed by atoms with Crippen molar-refractivity contribution in [1.29, 1.82) is 0 Å². The Hall–Kier alpha value is -14.3. The van der Waals surface area contributed by atoms with E-state index in [0.717, 1.165) is 33.4 Å². The molecule has 0 unspecified atom stereocenters. The maximum Gasteiger partial charge on any atom is 3.00 e. The van der Waals surface area contributed by atoms with Gasteiger partial charge in [-0.15, -0.1) is 89.5 Å². The van der Waals surface area contributed by atoms with Gasteiger partial charge in [-0.2, -0.15) is 0 Å². The minimum atomic E-state index is -0.899. The van der Waals surface area contributed by atoms with Crippen LogP contribution in [0.25, 0.3) is 136 Å². The summed E-state index contributed by atoms with van der Waals surface area (Å²) in [7, 11) is 0. The van der Waals surface area contributed by atoms with Crippen LogP contribution in [0.1, 0.15) is 31.1 Å². The Labute approximate surface area is 620 Å². The van der Waals surface area contributed by atoms with Gasteiger partial charge in [-0.3, -0.25) is 0 Å². The van der Waals surface area contributed by atoms with E-state index in [1.165, 1.54) is 36.4 Å². The third-order valence-electron chi connectivity index (χ3n) is 16.6. The van der Waals surface area contributed by atoms with Crippen LogP contribution in [-0.4, -0.2) is 77.7 Å². The first kappa shape index (κ1) is 67.6. The predicted octanol–water partition coefficient (Wildman–Crippen LogP) is 17.5. The zero-order valence-corrected chi connectivity index (χ0v) is 58.0. The van der Waals surface area contributed by atoms with Crippen LogP contribution in [0.15, 0.2) is 310 Å². The van der Waals surface area contributed by atoms with Crippen LogP contribution in [-0.2, 0) is 20.1 Å². The van der Waals surface area contributed by atoms with E-state index in [1.807, 2.05) is 218 Å². The van der Waals surface area contributed by atoms with E-state index in [4.69, 9.17) is 74.0 Å². The first-order valence-corrected chi connectivity index (χ1v) is 33.1. The number of rotatable bonds is 18. The molecule has 6 aromatic heterocycles. The van der Waals surface area contributed by atoms with Gasteiger partial charge in [-0.1, -0.05) is 218 Å². The SMILES string of the molecule is O=C(Oc1c[c-]c(-c2ccc(-c3nc(-c4ccccc4)nc(-c4ccccc4)n3)cn2)cc1)c1cc(C(=O)Oc2c[c-]c(-c3ccc(-c4nc(-c5ccccc5)nc(-c5ccccc5)n4)cn3)cc2)cc(C(=O)Oc2c[c-]c(-c3ccc(-c4nc(-c5ccccc5)nc(-c5ccccc5)n4)cn3)cc2)c1.[Ir+3]. The fraction of sp³-hybridized carbons (Fsp3) is 0. The average Bonchev–Trinajstić information content (AvgIpc) is 0.801. The van der Waals surface area contributed by atoms with Crippen molar-refractivity contribution in [2.45, 2.75) is 0 Å². The van der Waals surface area contributed by atoms with Gasteiger partial charge in [-0.25, -0.2) is 59.2 Å². The molecule has 0 aliphatic rings. The number of carbonyl (C=O) groups is 3. The van der Waals surface area contributed by atoms with Gasteiger partial charge in [0.15, 0.2) is 52.4 Å². The third kappa shape index (κ3) is 15.5. The predicted molar refractivity (Wildman–Crippen MR) is 396 cm³/mol. The number of benzene rings is 10. The van der Waals surface area contributed by atoms with Crippen molar-refractivity contribution in [1.82, 2.24) is 59.8 Å². The summed E-state index contributed by atoms with van der Waals surface area (Å²) in [6, 6.07) is 96.8. The van der Waals surface area contributed by atoms with Crippen molar-refractivity contribution in [3.05, 3.63) is 345 Å². The van der Waals surface area contributed by atoms with Crippen molar-refractivity contribution >= 4 is 17.9 Å². The van der Waals surface area contributed by atoms with Gasteiger partial charge in [0.2, 0.25) is 0 Å². The second-order valence-corrected chi connectivity index (χ2v) is 23.7. The molecular weight excluding hydrogens is 1500 g/mol. The van der Waals surface area contributed by atoms with Crippen LogP contribution in [0.2, 0.25) is 0 Å². The van der Waals surface area contributed by atoms with Gasteiger partial charge in [0.25, 0.3) is 0 Å². The molecule has 16 aromatic rings. The normalized spacial score (nSPS) is 10.9. The molecule has 0 radical (unpaired) electrons. The molecule has 106 heavy (non-hydrogen) atoms. The van der Waals surface area contributed by atoms with Crippen molar-refractivity contribution in [2.75, 3.05) is 0 Å². The Balaban J connectivity index is 0.00000900. The third-order valence-corrected chi connectivity index (χ3v) is 16.6. The second kappa shape index (κ2) is 30.9. The van der Waals surface area contributed by atoms with Crippen molar-refractivity contribution < 1.29 is 48.7 Å². The van der Waals surface area contributed by atoms with Crippen LogP contribution in [0.3, 0.4) is 0 Å². The number of nitrogens with zero attached hydrogens (tertiary/aromatic N) is 12. The summed E-state index contributed by atoms with van der Waals surface area (Å²) in [4.78, 5) is 100. The monoisotopic (exact) mass is 1550 g/mol. The topological polar surface area (TPSA) is 234 Å². The minimum Gasteiger partial charge on any atom is -0.471 e. The van der Waals surface area contributed by atoms with E-state index in [2.05, 4.69) is 18.2 Å². The molecule has 16 rings (SSSR count). The number of aromatic nitrogens is 12. The Kier molecular flexibility index (Phi) is 19.7. The minimum absolute atomic E-state index is 0. The van der Waals surface area contributed by atoms with E-state index in [-0.39, 0.29) is 54.0 Å². The first-order chi connectivity index (χ1) is 51.7. The largest absolute Gasteiger partial charge is 3.00 e. The number of hydrogen-bond acceptors (Lipinski definition) is 18. The smallest absolute Gasteiger partial charge is 0.471 e. The number of hydrogen-bond donors (Lipinski definition) is 0. The molecule has 0 saturated heterocycles. The molecule has 0 aliphatic carbocycles. The number of pyridine rings is 3. The van der Waals surface area contributed by atoms with Gasteiger partial charge in [0.1, 0.15) is 0 Å². The molecule has 0 spiro atoms.